The van der Waals surface area contributed by atoms with Gasteiger partial charge in [-0.1, -0.05) is 79.2 Å². The second-order valence-electron chi connectivity index (χ2n) is 20.5. The third-order valence-corrected chi connectivity index (χ3v) is 16.4. The number of nitrogens with zero attached hydrogens (tertiary/aromatic N) is 1. The summed E-state index contributed by atoms with van der Waals surface area (Å²) >= 11 is 0. The van der Waals surface area contributed by atoms with Crippen LogP contribution in [0.5, 0.6) is 11.5 Å². The Morgan fingerprint density at radius 2 is 1.73 bits per heavy atom. The van der Waals surface area contributed by atoms with Crippen LogP contribution >= 0.6 is 0 Å². The number of aliphatic hydroxyl groups is 1. The number of hydrogen-bond acceptors (Lipinski definition) is 9. The minimum atomic E-state index is -0.610. The van der Waals surface area contributed by atoms with Crippen molar-refractivity contribution in [2.45, 2.75) is 109 Å². The van der Waals surface area contributed by atoms with E-state index in [4.69, 9.17) is 10.5 Å². The molecule has 5 aliphatic rings. The lowest BCUT2D eigenvalue weighted by atomic mass is 9.54. The topological polar surface area (TPSA) is 147 Å². The maximum Gasteiger partial charge on any atom is 0.186 e. The Balaban J connectivity index is 0.848. The number of carbonyl (C=O) groups excluding carboxylic acids is 2. The van der Waals surface area contributed by atoms with Gasteiger partial charge < -0.3 is 31.3 Å². The van der Waals surface area contributed by atoms with Crippen LogP contribution in [0, 0.1) is 40.9 Å². The maximum atomic E-state index is 13.7. The number of nitrogens with two attached hydrogens (primary N) is 1. The van der Waals surface area contributed by atoms with Crippen LogP contribution in [0.4, 0.5) is 5.82 Å². The fourth-order valence-electron chi connectivity index (χ4n) is 13.4. The number of ketones is 2. The van der Waals surface area contributed by atoms with Crippen molar-refractivity contribution in [2.24, 2.45) is 40.9 Å². The number of aliphatic hydroxyl groups excluding tert-OH is 1. The fraction of sp³-hybridized carbons (Fsp3) is 0.491. The van der Waals surface area contributed by atoms with E-state index in [0.717, 1.165) is 92.6 Å². The number of nitrogen functional groups attached to an aromatic ring is 1. The Hall–Kier alpha value is -5.09. The summed E-state index contributed by atoms with van der Waals surface area (Å²) in [4.78, 5) is 31.8. The number of pyridine rings is 1. The average molecular weight is 891 g/mol. The minimum Gasteiger partial charge on any atom is -0.504 e. The van der Waals surface area contributed by atoms with Crippen molar-refractivity contribution in [3.05, 3.63) is 136 Å². The van der Waals surface area contributed by atoms with Gasteiger partial charge in [-0.25, -0.2) is 4.98 Å². The number of aromatic hydroxyl groups is 1. The van der Waals surface area contributed by atoms with Gasteiger partial charge in [0, 0.05) is 25.2 Å². The van der Waals surface area contributed by atoms with Gasteiger partial charge in [-0.05, 0) is 201 Å². The van der Waals surface area contributed by atoms with Crippen molar-refractivity contribution in [1.29, 1.82) is 0 Å². The number of piperidine rings is 1. The molecule has 0 bridgehead atoms. The standard InChI is InChI=1S/C57H70N4O5/c58-55-31-43(17-15-40-10-4-9-39(25-40)14-13-38-7-2-1-3-8-38)46(36-61-55)28-45-29-53(65)54(66-37-62)30-42(45)18-20-49(63)32-50(64)26-41-16-19-48-12-5-22-57(48,33-41)34-52-51-21-24-59-35-47(51)27-44-11-6-23-60-56(44)52/h1-4,6-11,18,20,25,29-31,36,41,44,47-48,51-52,56,59-60,62,65H,5,12-17,19,21-24,26-28,32-35,37H2,(H2,58,61). The first kappa shape index (κ1) is 46.0. The molecule has 2 aliphatic heterocycles. The number of rotatable bonds is 18. The van der Waals surface area contributed by atoms with Crippen LogP contribution in [0.25, 0.3) is 6.08 Å². The van der Waals surface area contributed by atoms with Gasteiger partial charge in [0.15, 0.2) is 24.1 Å². The van der Waals surface area contributed by atoms with Gasteiger partial charge in [0.2, 0.25) is 0 Å². The van der Waals surface area contributed by atoms with Gasteiger partial charge in [-0.3, -0.25) is 9.59 Å². The molecule has 3 aromatic carbocycles. The normalized spacial score (nSPS) is 27.0. The average Bonchev–Trinajstić information content (AvgIpc) is 3.74. The number of ether oxygens (including phenoxy) is 1. The van der Waals surface area contributed by atoms with Crippen LogP contribution in [0.3, 0.4) is 0 Å². The van der Waals surface area contributed by atoms with E-state index in [1.807, 2.05) is 12.1 Å². The number of anilines is 1. The number of Topliss-reactive ketones (excluding diaryl/α,β-unsaturated/α-hetero) is 1. The largest absolute Gasteiger partial charge is 0.504 e. The van der Waals surface area contributed by atoms with Crippen molar-refractivity contribution in [1.82, 2.24) is 15.6 Å². The predicted molar refractivity (Wildman–Crippen MR) is 262 cm³/mol. The number of phenolic OH excluding ortho intramolecular Hbond substituents is 1. The van der Waals surface area contributed by atoms with Crippen molar-refractivity contribution in [3.8, 4) is 11.5 Å². The molecular weight excluding hydrogens is 821 g/mol. The number of nitrogens with one attached hydrogen (secondary N) is 2. The molecule has 9 nitrogen and oxygen atoms in total. The molecule has 66 heavy (non-hydrogen) atoms. The van der Waals surface area contributed by atoms with Gasteiger partial charge in [0.05, 0.1) is 6.42 Å². The number of allylic oxidation sites excluding steroid dienone is 1. The Labute approximate surface area is 391 Å². The third kappa shape index (κ3) is 11.0. The number of carbonyl (C=O) groups is 2. The zero-order valence-corrected chi connectivity index (χ0v) is 38.6. The molecule has 1 aromatic heterocycles. The van der Waals surface area contributed by atoms with Crippen molar-refractivity contribution in [2.75, 3.05) is 32.2 Å². The molecule has 8 unspecified atom stereocenters. The molecule has 9 rings (SSSR count). The summed E-state index contributed by atoms with van der Waals surface area (Å²) in [7, 11) is 0. The molecule has 348 valence electrons. The van der Waals surface area contributed by atoms with E-state index in [1.165, 1.54) is 67.7 Å². The summed E-state index contributed by atoms with van der Waals surface area (Å²) in [6, 6.07) is 25.0. The lowest BCUT2D eigenvalue weighted by Crippen LogP contribution is -2.57. The predicted octanol–water partition coefficient (Wildman–Crippen LogP) is 9.16. The first-order valence-electron chi connectivity index (χ1n) is 25.0. The Bertz CT molecular complexity index is 2380. The Kier molecular flexibility index (Phi) is 14.8. The van der Waals surface area contributed by atoms with Crippen LogP contribution in [-0.4, -0.2) is 59.2 Å². The first-order valence-corrected chi connectivity index (χ1v) is 25.0. The molecule has 6 N–H and O–H groups in total. The highest BCUT2D eigenvalue weighted by Gasteiger charge is 2.53. The quantitative estimate of drug-likeness (QED) is 0.0286. The zero-order valence-electron chi connectivity index (χ0n) is 38.6. The smallest absolute Gasteiger partial charge is 0.186 e. The first-order chi connectivity index (χ1) is 32.2. The Morgan fingerprint density at radius 1 is 0.909 bits per heavy atom. The number of hydrogen-bond donors (Lipinski definition) is 5. The molecule has 8 atom stereocenters. The number of benzene rings is 3. The Morgan fingerprint density at radius 3 is 2.58 bits per heavy atom. The highest BCUT2D eigenvalue weighted by molar-refractivity contribution is 6.06. The van der Waals surface area contributed by atoms with Gasteiger partial charge in [-0.15, -0.1) is 0 Å². The minimum absolute atomic E-state index is 0.0195. The van der Waals surface area contributed by atoms with Crippen LogP contribution in [0.1, 0.15) is 110 Å². The van der Waals surface area contributed by atoms with E-state index in [9.17, 15) is 19.8 Å². The number of phenols is 1. The molecule has 1 saturated heterocycles. The van der Waals surface area contributed by atoms with Crippen LogP contribution in [0.15, 0.2) is 97.2 Å². The van der Waals surface area contributed by atoms with Gasteiger partial charge in [-0.2, -0.15) is 0 Å². The highest BCUT2D eigenvalue weighted by Crippen LogP contribution is 2.60. The number of aromatic nitrogens is 1. The van der Waals surface area contributed by atoms with E-state index in [2.05, 4.69) is 76.3 Å². The van der Waals surface area contributed by atoms with E-state index >= 15 is 0 Å². The van der Waals surface area contributed by atoms with Gasteiger partial charge in [0.25, 0.3) is 0 Å². The maximum absolute atomic E-state index is 13.7. The monoisotopic (exact) mass is 891 g/mol. The summed E-state index contributed by atoms with van der Waals surface area (Å²) in [5.41, 5.74) is 13.8. The van der Waals surface area contributed by atoms with Crippen molar-refractivity contribution < 1.29 is 24.5 Å². The molecular formula is C57H70N4O5. The van der Waals surface area contributed by atoms with Crippen LogP contribution in [-0.2, 0) is 41.7 Å². The van der Waals surface area contributed by atoms with E-state index in [0.29, 0.717) is 53.4 Å². The molecule has 4 aromatic rings. The number of fused-ring (bicyclic) bond motifs is 3. The van der Waals surface area contributed by atoms with Crippen molar-refractivity contribution in [3.63, 3.8) is 0 Å². The summed E-state index contributed by atoms with van der Waals surface area (Å²) in [6.07, 6.45) is 25.2. The molecule has 9 heteroatoms. The second kappa shape index (κ2) is 21.3. The lowest BCUT2D eigenvalue weighted by Gasteiger charge is -2.54. The highest BCUT2D eigenvalue weighted by atomic mass is 16.6. The molecule has 0 amide bonds. The SMILES string of the molecule is Nc1cc(CCc2cccc(CCc3ccccc3)c2)c(Cc2cc(O)c(OCO)cc2C=CC(=O)CC(=O)CC2CCC3CCCC3(CC3C4CCNCC4CC4C=CCNC43)C2)cn1. The summed E-state index contributed by atoms with van der Waals surface area (Å²) < 4.78 is 5.35. The summed E-state index contributed by atoms with van der Waals surface area (Å²) in [5.74, 6) is 4.10. The molecule has 3 aliphatic carbocycles. The van der Waals surface area contributed by atoms with Gasteiger partial charge in [0.1, 0.15) is 11.6 Å². The molecule has 0 spiro atoms. The summed E-state index contributed by atoms with van der Waals surface area (Å²) in [5, 5.41) is 28.2. The van der Waals surface area contributed by atoms with E-state index in [1.54, 1.807) is 24.4 Å². The second-order valence-corrected chi connectivity index (χ2v) is 20.5. The molecule has 0 radical (unpaired) electrons. The zero-order chi connectivity index (χ0) is 45.5. The van der Waals surface area contributed by atoms with Crippen LogP contribution in [0.2, 0.25) is 0 Å². The summed E-state index contributed by atoms with van der Waals surface area (Å²) in [6.45, 7) is 2.64. The van der Waals surface area contributed by atoms with E-state index < -0.39 is 6.79 Å². The van der Waals surface area contributed by atoms with Crippen molar-refractivity contribution >= 4 is 23.5 Å². The molecule has 3 saturated carbocycles. The van der Waals surface area contributed by atoms with Crippen LogP contribution < -0.4 is 21.1 Å². The third-order valence-electron chi connectivity index (χ3n) is 16.4. The number of aryl methyl sites for hydroxylation is 4. The fourth-order valence-corrected chi connectivity index (χ4v) is 13.4. The molecule has 3 heterocycles. The van der Waals surface area contributed by atoms with E-state index in [-0.39, 0.29) is 29.5 Å². The lowest BCUT2D eigenvalue weighted by molar-refractivity contribution is -0.126. The van der Waals surface area contributed by atoms with Gasteiger partial charge >= 0.3 is 0 Å². The molecule has 4 fully saturated rings.